The zero-order chi connectivity index (χ0) is 22.9. The second-order valence-corrected chi connectivity index (χ2v) is 7.71. The molecule has 0 aliphatic carbocycles. The first-order valence-electron chi connectivity index (χ1n) is 9.87. The number of ether oxygens (including phenoxy) is 1. The zero-order valence-corrected chi connectivity index (χ0v) is 18.4. The lowest BCUT2D eigenvalue weighted by atomic mass is 10.1. The molecule has 3 rings (SSSR count). The van der Waals surface area contributed by atoms with Crippen LogP contribution in [0.25, 0.3) is 11.3 Å². The number of hydrogen-bond donors (Lipinski definition) is 2. The molecule has 1 heterocycles. The van der Waals surface area contributed by atoms with E-state index in [0.29, 0.717) is 33.6 Å². The number of nitrogens with zero attached hydrogens (tertiary/aromatic N) is 4. The topological polar surface area (TPSA) is 117 Å². The molecule has 1 atom stereocenters. The average Bonchev–Trinajstić information content (AvgIpc) is 2.81. The van der Waals surface area contributed by atoms with Crippen molar-refractivity contribution in [1.29, 1.82) is 5.26 Å². The summed E-state index contributed by atoms with van der Waals surface area (Å²) in [6.07, 6.45) is -0.754. The monoisotopic (exact) mass is 445 g/mol. The minimum absolute atomic E-state index is 0.106. The van der Waals surface area contributed by atoms with E-state index in [0.717, 1.165) is 11.3 Å². The predicted octanol–water partition coefficient (Wildman–Crippen LogP) is 4.06. The number of aryl methyl sites for hydroxylation is 1. The SMILES string of the molecule is C=CSC(=NC[C@H](O)CN)c1ccc(C#N)cc1Oc1cc(-c2ccccc2)nc(C)n1. The summed E-state index contributed by atoms with van der Waals surface area (Å²) < 4.78 is 6.14. The number of hydrogen-bond acceptors (Lipinski definition) is 8. The Hall–Kier alpha value is -3.51. The second kappa shape index (κ2) is 11.2. The molecule has 0 spiro atoms. The highest BCUT2D eigenvalue weighted by Crippen LogP contribution is 2.31. The smallest absolute Gasteiger partial charge is 0.223 e. The maximum Gasteiger partial charge on any atom is 0.223 e. The first kappa shape index (κ1) is 23.2. The molecule has 0 aliphatic heterocycles. The lowest BCUT2D eigenvalue weighted by Gasteiger charge is -2.14. The maximum atomic E-state index is 9.82. The van der Waals surface area contributed by atoms with E-state index >= 15 is 0 Å². The van der Waals surface area contributed by atoms with Crippen LogP contribution < -0.4 is 10.5 Å². The number of thioether (sulfide) groups is 1. The first-order valence-corrected chi connectivity index (χ1v) is 10.8. The van der Waals surface area contributed by atoms with Crippen LogP contribution in [-0.4, -0.2) is 39.3 Å². The van der Waals surface area contributed by atoms with E-state index in [9.17, 15) is 10.4 Å². The van der Waals surface area contributed by atoms with Gasteiger partial charge in [0.1, 0.15) is 16.6 Å². The molecule has 0 saturated carbocycles. The summed E-state index contributed by atoms with van der Waals surface area (Å²) in [6.45, 7) is 5.79. The average molecular weight is 446 g/mol. The maximum absolute atomic E-state index is 9.82. The quantitative estimate of drug-likeness (QED) is 0.396. The van der Waals surface area contributed by atoms with E-state index in [2.05, 4.69) is 27.6 Å². The van der Waals surface area contributed by atoms with Gasteiger partial charge in [0.25, 0.3) is 0 Å². The largest absolute Gasteiger partial charge is 0.438 e. The van der Waals surface area contributed by atoms with Crippen LogP contribution in [0, 0.1) is 18.3 Å². The lowest BCUT2D eigenvalue weighted by Crippen LogP contribution is -2.23. The molecule has 0 unspecified atom stereocenters. The fourth-order valence-electron chi connectivity index (χ4n) is 2.84. The molecule has 1 aromatic heterocycles. The van der Waals surface area contributed by atoms with Crippen molar-refractivity contribution >= 4 is 16.8 Å². The summed E-state index contributed by atoms with van der Waals surface area (Å²) in [5, 5.41) is 21.4. The number of aromatic nitrogens is 2. The van der Waals surface area contributed by atoms with Crippen molar-refractivity contribution in [1.82, 2.24) is 9.97 Å². The highest BCUT2D eigenvalue weighted by atomic mass is 32.2. The minimum atomic E-state index is -0.754. The van der Waals surface area contributed by atoms with E-state index in [1.54, 1.807) is 36.6 Å². The van der Waals surface area contributed by atoms with Crippen LogP contribution in [0.3, 0.4) is 0 Å². The highest BCUT2D eigenvalue weighted by molar-refractivity contribution is 8.16. The molecule has 7 nitrogen and oxygen atoms in total. The van der Waals surface area contributed by atoms with Gasteiger partial charge in [-0.25, -0.2) is 4.98 Å². The first-order chi connectivity index (χ1) is 15.5. The Bertz CT molecular complexity index is 1160. The van der Waals surface area contributed by atoms with Gasteiger partial charge in [-0.2, -0.15) is 10.2 Å². The van der Waals surface area contributed by atoms with Crippen molar-refractivity contribution in [2.75, 3.05) is 13.1 Å². The third-order valence-corrected chi connectivity index (χ3v) is 5.09. The molecular weight excluding hydrogens is 422 g/mol. The Labute approximate surface area is 191 Å². The summed E-state index contributed by atoms with van der Waals surface area (Å²) in [4.78, 5) is 13.4. The van der Waals surface area contributed by atoms with Crippen molar-refractivity contribution in [2.45, 2.75) is 13.0 Å². The molecule has 3 aromatic rings. The summed E-state index contributed by atoms with van der Waals surface area (Å²) in [5.74, 6) is 1.31. The van der Waals surface area contributed by atoms with Crippen LogP contribution in [0.15, 0.2) is 71.6 Å². The number of aliphatic hydroxyl groups is 1. The minimum Gasteiger partial charge on any atom is -0.438 e. The van der Waals surface area contributed by atoms with Gasteiger partial charge in [-0.05, 0) is 30.5 Å². The summed E-state index contributed by atoms with van der Waals surface area (Å²) in [6, 6.07) is 18.7. The highest BCUT2D eigenvalue weighted by Gasteiger charge is 2.15. The van der Waals surface area contributed by atoms with E-state index < -0.39 is 6.10 Å². The molecule has 0 bridgehead atoms. The molecule has 2 aromatic carbocycles. The molecule has 162 valence electrons. The van der Waals surface area contributed by atoms with Gasteiger partial charge in [0.05, 0.1) is 30.0 Å². The Morgan fingerprint density at radius 2 is 2.06 bits per heavy atom. The number of nitriles is 1. The van der Waals surface area contributed by atoms with Gasteiger partial charge in [-0.15, -0.1) is 0 Å². The number of rotatable bonds is 8. The van der Waals surface area contributed by atoms with Crippen molar-refractivity contribution in [3.05, 3.63) is 83.5 Å². The van der Waals surface area contributed by atoms with Crippen LogP contribution in [0.4, 0.5) is 0 Å². The second-order valence-electron chi connectivity index (χ2n) is 6.75. The Kier molecular flexibility index (Phi) is 8.11. The fourth-order valence-corrected chi connectivity index (χ4v) is 3.45. The normalized spacial score (nSPS) is 12.1. The van der Waals surface area contributed by atoms with E-state index in [4.69, 9.17) is 10.5 Å². The van der Waals surface area contributed by atoms with Crippen molar-refractivity contribution in [2.24, 2.45) is 10.7 Å². The van der Waals surface area contributed by atoms with Crippen molar-refractivity contribution in [3.63, 3.8) is 0 Å². The van der Waals surface area contributed by atoms with Gasteiger partial charge in [0, 0.05) is 23.7 Å². The van der Waals surface area contributed by atoms with Crippen LogP contribution in [0.2, 0.25) is 0 Å². The summed E-state index contributed by atoms with van der Waals surface area (Å²) in [5.41, 5.74) is 8.25. The molecular formula is C24H23N5O2S. The molecule has 8 heteroatoms. The Morgan fingerprint density at radius 1 is 1.28 bits per heavy atom. The number of nitrogens with two attached hydrogens (primary N) is 1. The van der Waals surface area contributed by atoms with Crippen molar-refractivity contribution < 1.29 is 9.84 Å². The lowest BCUT2D eigenvalue weighted by molar-refractivity contribution is 0.192. The zero-order valence-electron chi connectivity index (χ0n) is 17.6. The predicted molar refractivity (Wildman–Crippen MR) is 128 cm³/mol. The van der Waals surface area contributed by atoms with Gasteiger partial charge in [-0.1, -0.05) is 48.7 Å². The summed E-state index contributed by atoms with van der Waals surface area (Å²) in [7, 11) is 0. The van der Waals surface area contributed by atoms with E-state index in [-0.39, 0.29) is 13.1 Å². The molecule has 0 fully saturated rings. The van der Waals surface area contributed by atoms with Crippen LogP contribution in [0.5, 0.6) is 11.6 Å². The van der Waals surface area contributed by atoms with Gasteiger partial charge in [-0.3, -0.25) is 4.99 Å². The molecule has 32 heavy (non-hydrogen) atoms. The van der Waals surface area contributed by atoms with Crippen molar-refractivity contribution in [3.8, 4) is 29.0 Å². The molecule has 0 saturated heterocycles. The number of benzene rings is 2. The van der Waals surface area contributed by atoms with Crippen LogP contribution in [0.1, 0.15) is 17.0 Å². The number of aliphatic hydroxyl groups excluding tert-OH is 1. The number of aliphatic imine (C=N–C) groups is 1. The van der Waals surface area contributed by atoms with E-state index in [1.165, 1.54) is 11.8 Å². The van der Waals surface area contributed by atoms with Crippen LogP contribution >= 0.6 is 11.8 Å². The fraction of sp³-hybridized carbons (Fsp3) is 0.167. The van der Waals surface area contributed by atoms with Gasteiger partial charge in [0.2, 0.25) is 5.88 Å². The summed E-state index contributed by atoms with van der Waals surface area (Å²) >= 11 is 1.29. The van der Waals surface area contributed by atoms with Crippen LogP contribution in [-0.2, 0) is 0 Å². The standard InChI is InChI=1S/C24H23N5O2S/c1-3-32-24(27-15-19(30)14-26)20-10-9-17(13-25)11-22(20)31-23-12-21(28-16(2)29-23)18-7-5-4-6-8-18/h3-12,19,30H,1,14-15,26H2,2H3/t19-/m1/s1. The third kappa shape index (κ3) is 6.02. The Balaban J connectivity index is 2.03. The van der Waals surface area contributed by atoms with Gasteiger partial charge in [0.15, 0.2) is 0 Å². The van der Waals surface area contributed by atoms with Gasteiger partial charge < -0.3 is 15.6 Å². The molecule has 0 aliphatic rings. The molecule has 0 amide bonds. The van der Waals surface area contributed by atoms with E-state index in [1.807, 2.05) is 30.3 Å². The third-order valence-electron chi connectivity index (χ3n) is 4.35. The Morgan fingerprint density at radius 3 is 2.75 bits per heavy atom. The molecule has 3 N–H and O–H groups in total. The van der Waals surface area contributed by atoms with Gasteiger partial charge >= 0.3 is 0 Å². The molecule has 0 radical (unpaired) electrons.